The van der Waals surface area contributed by atoms with Gasteiger partial charge < -0.3 is 0 Å². The van der Waals surface area contributed by atoms with Crippen LogP contribution in [0.15, 0.2) is 35.2 Å². The molecule has 0 saturated heterocycles. The fourth-order valence-electron chi connectivity index (χ4n) is 1.53. The van der Waals surface area contributed by atoms with Gasteiger partial charge in [0.15, 0.2) is 0 Å². The van der Waals surface area contributed by atoms with Crippen LogP contribution in [-0.4, -0.2) is 13.4 Å². The fourth-order valence-corrected chi connectivity index (χ4v) is 2.87. The number of hydrogen-bond donors (Lipinski definition) is 1. The van der Waals surface area contributed by atoms with Crippen LogP contribution in [0.25, 0.3) is 0 Å². The molecule has 0 fully saturated rings. The third kappa shape index (κ3) is 3.23. The molecule has 2 aromatic rings. The van der Waals surface area contributed by atoms with E-state index in [1.54, 1.807) is 6.92 Å². The molecule has 4 nitrogen and oxygen atoms in total. The average molecular weight is 319 g/mol. The lowest BCUT2D eigenvalue weighted by atomic mass is 10.3. The molecule has 1 aromatic heterocycles. The molecule has 0 amide bonds. The smallest absolute Gasteiger partial charge is 0.262 e. The van der Waals surface area contributed by atoms with Crippen LogP contribution in [-0.2, 0) is 10.0 Å². The van der Waals surface area contributed by atoms with Crippen LogP contribution < -0.4 is 4.72 Å². The zero-order chi connectivity index (χ0) is 14.9. The highest BCUT2D eigenvalue weighted by Crippen LogP contribution is 2.21. The lowest BCUT2D eigenvalue weighted by Crippen LogP contribution is -2.14. The van der Waals surface area contributed by atoms with Gasteiger partial charge in [-0.25, -0.2) is 22.2 Å². The summed E-state index contributed by atoms with van der Waals surface area (Å²) in [4.78, 5) is 3.37. The first kappa shape index (κ1) is 14.7. The molecule has 106 valence electrons. The zero-order valence-electron chi connectivity index (χ0n) is 10.2. The maximum Gasteiger partial charge on any atom is 0.262 e. The molecular weight excluding hydrogens is 310 g/mol. The van der Waals surface area contributed by atoms with E-state index in [9.17, 15) is 17.2 Å². The van der Waals surface area contributed by atoms with Crippen molar-refractivity contribution in [3.8, 4) is 0 Å². The van der Waals surface area contributed by atoms with Crippen LogP contribution in [0.5, 0.6) is 0 Å². The Morgan fingerprint density at radius 1 is 1.15 bits per heavy atom. The van der Waals surface area contributed by atoms with Crippen LogP contribution in [0.4, 0.5) is 14.5 Å². The third-order valence-corrected chi connectivity index (χ3v) is 4.00. The molecule has 20 heavy (non-hydrogen) atoms. The number of sulfonamides is 1. The van der Waals surface area contributed by atoms with Crippen LogP contribution in [0, 0.1) is 18.6 Å². The Morgan fingerprint density at radius 2 is 1.75 bits per heavy atom. The third-order valence-electron chi connectivity index (χ3n) is 2.44. The van der Waals surface area contributed by atoms with Crippen molar-refractivity contribution < 1.29 is 17.2 Å². The van der Waals surface area contributed by atoms with E-state index < -0.39 is 26.6 Å². The first-order valence-corrected chi connectivity index (χ1v) is 7.26. The topological polar surface area (TPSA) is 59.1 Å². The molecule has 0 aliphatic carbocycles. The number of aromatic nitrogens is 1. The predicted octanol–water partition coefficient (Wildman–Crippen LogP) is 3.12. The van der Waals surface area contributed by atoms with Crippen molar-refractivity contribution >= 4 is 27.3 Å². The SMILES string of the molecule is Cc1nc(Cl)ccc1NS(=O)(=O)c1cc(F)cc(F)c1. The van der Waals surface area contributed by atoms with Crippen molar-refractivity contribution in [2.45, 2.75) is 11.8 Å². The Morgan fingerprint density at radius 3 is 2.30 bits per heavy atom. The van der Waals surface area contributed by atoms with Crippen molar-refractivity contribution in [3.63, 3.8) is 0 Å². The molecule has 0 aliphatic rings. The molecule has 1 aromatic carbocycles. The highest BCUT2D eigenvalue weighted by atomic mass is 35.5. The van der Waals surface area contributed by atoms with Gasteiger partial charge in [0, 0.05) is 6.07 Å². The Bertz CT molecular complexity index is 746. The Kier molecular flexibility index (Phi) is 3.92. The molecule has 0 bridgehead atoms. The summed E-state index contributed by atoms with van der Waals surface area (Å²) >= 11 is 5.66. The van der Waals surface area contributed by atoms with Gasteiger partial charge in [-0.2, -0.15) is 0 Å². The first-order chi connectivity index (χ1) is 9.28. The van der Waals surface area contributed by atoms with E-state index in [1.165, 1.54) is 12.1 Å². The Hall–Kier alpha value is -1.73. The fraction of sp³-hybridized carbons (Fsp3) is 0.0833. The number of hydrogen-bond acceptors (Lipinski definition) is 3. The standard InChI is InChI=1S/C12H9ClF2N2O2S/c1-7-11(2-3-12(13)16-7)17-20(18,19)10-5-8(14)4-9(15)6-10/h2-6,17H,1H3. The number of pyridine rings is 1. The van der Waals surface area contributed by atoms with Crippen molar-refractivity contribution in [1.29, 1.82) is 0 Å². The summed E-state index contributed by atoms with van der Waals surface area (Å²) in [6, 6.07) is 4.86. The minimum absolute atomic E-state index is 0.180. The molecule has 0 aliphatic heterocycles. The zero-order valence-corrected chi connectivity index (χ0v) is 11.8. The number of nitrogens with one attached hydrogen (secondary N) is 1. The molecular formula is C12H9ClF2N2O2S. The maximum atomic E-state index is 13.1. The predicted molar refractivity (Wildman–Crippen MR) is 71.2 cm³/mol. The van der Waals surface area contributed by atoms with Gasteiger partial charge >= 0.3 is 0 Å². The van der Waals surface area contributed by atoms with Gasteiger partial charge in [0.25, 0.3) is 10.0 Å². The summed E-state index contributed by atoms with van der Waals surface area (Å²) in [5.41, 5.74) is 0.525. The van der Waals surface area contributed by atoms with Crippen LogP contribution in [0.2, 0.25) is 5.15 Å². The summed E-state index contributed by atoms with van der Waals surface area (Å²) in [5, 5.41) is 0.210. The quantitative estimate of drug-likeness (QED) is 0.885. The van der Waals surface area contributed by atoms with E-state index in [1.807, 2.05) is 0 Å². The van der Waals surface area contributed by atoms with E-state index in [2.05, 4.69) is 9.71 Å². The normalized spacial score (nSPS) is 11.4. The molecule has 0 saturated carbocycles. The summed E-state index contributed by atoms with van der Waals surface area (Å²) in [5.74, 6) is -1.95. The molecule has 0 spiro atoms. The molecule has 0 atom stereocenters. The second-order valence-corrected chi connectivity index (χ2v) is 6.05. The van der Waals surface area contributed by atoms with E-state index in [0.717, 1.165) is 12.1 Å². The largest absolute Gasteiger partial charge is 0.278 e. The van der Waals surface area contributed by atoms with Crippen molar-refractivity contribution in [2.75, 3.05) is 4.72 Å². The Labute approximate surface area is 119 Å². The van der Waals surface area contributed by atoms with Gasteiger partial charge in [0.1, 0.15) is 16.8 Å². The highest BCUT2D eigenvalue weighted by molar-refractivity contribution is 7.92. The van der Waals surface area contributed by atoms with Crippen molar-refractivity contribution in [2.24, 2.45) is 0 Å². The summed E-state index contributed by atoms with van der Waals surface area (Å²) < 4.78 is 52.4. The second kappa shape index (κ2) is 5.34. The van der Waals surface area contributed by atoms with Gasteiger partial charge in [0.05, 0.1) is 16.3 Å². The maximum absolute atomic E-state index is 13.1. The molecule has 2 rings (SSSR count). The molecule has 0 unspecified atom stereocenters. The summed E-state index contributed by atoms with van der Waals surface area (Å²) in [7, 11) is -4.11. The lowest BCUT2D eigenvalue weighted by Gasteiger charge is -2.10. The average Bonchev–Trinajstić information content (AvgIpc) is 2.31. The number of anilines is 1. The van der Waals surface area contributed by atoms with Crippen LogP contribution >= 0.6 is 11.6 Å². The van der Waals surface area contributed by atoms with Gasteiger partial charge in [-0.3, -0.25) is 4.72 Å². The number of benzene rings is 1. The summed E-state index contributed by atoms with van der Waals surface area (Å²) in [6.45, 7) is 1.55. The van der Waals surface area contributed by atoms with Crippen LogP contribution in [0.1, 0.15) is 5.69 Å². The number of aryl methyl sites for hydroxylation is 1. The summed E-state index contributed by atoms with van der Waals surface area (Å²) in [6.07, 6.45) is 0. The number of rotatable bonds is 3. The van der Waals surface area contributed by atoms with E-state index in [-0.39, 0.29) is 10.8 Å². The van der Waals surface area contributed by atoms with E-state index in [4.69, 9.17) is 11.6 Å². The Balaban J connectivity index is 2.40. The van der Waals surface area contributed by atoms with Crippen molar-refractivity contribution in [1.82, 2.24) is 4.98 Å². The minimum atomic E-state index is -4.11. The second-order valence-electron chi connectivity index (χ2n) is 3.98. The van der Waals surface area contributed by atoms with E-state index in [0.29, 0.717) is 11.8 Å². The minimum Gasteiger partial charge on any atom is -0.278 e. The first-order valence-electron chi connectivity index (χ1n) is 5.40. The monoisotopic (exact) mass is 318 g/mol. The number of nitrogens with zero attached hydrogens (tertiary/aromatic N) is 1. The van der Waals surface area contributed by atoms with Gasteiger partial charge in [-0.15, -0.1) is 0 Å². The van der Waals surface area contributed by atoms with E-state index >= 15 is 0 Å². The van der Waals surface area contributed by atoms with Crippen LogP contribution in [0.3, 0.4) is 0 Å². The number of halogens is 3. The van der Waals surface area contributed by atoms with Gasteiger partial charge in [-0.05, 0) is 31.2 Å². The molecule has 1 N–H and O–H groups in total. The molecule has 0 radical (unpaired) electrons. The van der Waals surface area contributed by atoms with Crippen molar-refractivity contribution in [3.05, 3.63) is 52.8 Å². The highest BCUT2D eigenvalue weighted by Gasteiger charge is 2.18. The lowest BCUT2D eigenvalue weighted by molar-refractivity contribution is 0.568. The molecule has 1 heterocycles. The van der Waals surface area contributed by atoms with Gasteiger partial charge in [0.2, 0.25) is 0 Å². The molecule has 8 heteroatoms. The van der Waals surface area contributed by atoms with Gasteiger partial charge in [-0.1, -0.05) is 11.6 Å².